The van der Waals surface area contributed by atoms with Crippen LogP contribution in [0.5, 0.6) is 0 Å². The van der Waals surface area contributed by atoms with Gasteiger partial charge in [-0.05, 0) is 12.5 Å². The summed E-state index contributed by atoms with van der Waals surface area (Å²) in [7, 11) is 1.40. The van der Waals surface area contributed by atoms with Gasteiger partial charge in [0.1, 0.15) is 12.1 Å². The highest BCUT2D eigenvalue weighted by atomic mass is 16.5. The molecule has 1 heterocycles. The topological polar surface area (TPSA) is 30.2 Å². The maximum Gasteiger partial charge on any atom is 0.344 e. The lowest BCUT2D eigenvalue weighted by atomic mass is 10.0. The molecule has 0 saturated heterocycles. The summed E-state index contributed by atoms with van der Waals surface area (Å²) >= 11 is 0. The zero-order chi connectivity index (χ0) is 13.0. The summed E-state index contributed by atoms with van der Waals surface area (Å²) in [5, 5.41) is 0. The summed E-state index contributed by atoms with van der Waals surface area (Å²) in [6.45, 7) is 2.85. The minimum atomic E-state index is -0.309. The Balaban J connectivity index is 2.56. The molecule has 0 aliphatic rings. The van der Waals surface area contributed by atoms with E-state index < -0.39 is 0 Å². The number of aromatic nitrogens is 1. The third-order valence-electron chi connectivity index (χ3n) is 2.87. The first-order valence-electron chi connectivity index (χ1n) is 5.93. The highest BCUT2D eigenvalue weighted by Gasteiger charge is 2.17. The molecule has 18 heavy (non-hydrogen) atoms. The summed E-state index contributed by atoms with van der Waals surface area (Å²) in [5.74, 6) is -0.309. The number of pyridine rings is 1. The van der Waals surface area contributed by atoms with Gasteiger partial charge in [0, 0.05) is 11.6 Å². The van der Waals surface area contributed by atoms with Crippen molar-refractivity contribution in [3.63, 3.8) is 0 Å². The maximum absolute atomic E-state index is 11.8. The molecule has 0 aliphatic heterocycles. The number of benzene rings is 1. The Kier molecular flexibility index (Phi) is 3.72. The Bertz CT molecular complexity index is 550. The standard InChI is InChI=1S/C15H16NO2/c1-3-16-10-9-13(12-7-5-4-6-8-12)14(11-16)15(17)18-2/h4-11H,3H2,1-2H3/q+1. The van der Waals surface area contributed by atoms with Crippen LogP contribution >= 0.6 is 0 Å². The first-order valence-corrected chi connectivity index (χ1v) is 5.93. The first kappa shape index (κ1) is 12.3. The molecule has 0 aliphatic carbocycles. The molecular weight excluding hydrogens is 226 g/mol. The van der Waals surface area contributed by atoms with Crippen molar-refractivity contribution in [3.8, 4) is 11.1 Å². The van der Waals surface area contributed by atoms with Gasteiger partial charge in [0.15, 0.2) is 12.4 Å². The largest absolute Gasteiger partial charge is 0.465 e. The van der Waals surface area contributed by atoms with Crippen molar-refractivity contribution in [2.24, 2.45) is 0 Å². The van der Waals surface area contributed by atoms with E-state index in [1.807, 2.05) is 60.3 Å². The summed E-state index contributed by atoms with van der Waals surface area (Å²) in [4.78, 5) is 11.8. The number of aryl methyl sites for hydroxylation is 1. The van der Waals surface area contributed by atoms with E-state index in [1.165, 1.54) is 7.11 Å². The molecule has 0 fully saturated rings. The molecule has 1 aromatic heterocycles. The van der Waals surface area contributed by atoms with Crippen LogP contribution in [0.25, 0.3) is 11.1 Å². The van der Waals surface area contributed by atoms with Gasteiger partial charge >= 0.3 is 5.97 Å². The smallest absolute Gasteiger partial charge is 0.344 e. The average Bonchev–Trinajstić information content (AvgIpc) is 2.46. The van der Waals surface area contributed by atoms with Crippen LogP contribution in [0.4, 0.5) is 0 Å². The molecule has 0 spiro atoms. The van der Waals surface area contributed by atoms with E-state index in [1.54, 1.807) is 0 Å². The lowest BCUT2D eigenvalue weighted by Gasteiger charge is -2.06. The number of ether oxygens (including phenoxy) is 1. The molecule has 1 aromatic carbocycles. The minimum Gasteiger partial charge on any atom is -0.465 e. The van der Waals surface area contributed by atoms with E-state index in [-0.39, 0.29) is 5.97 Å². The van der Waals surface area contributed by atoms with Crippen LogP contribution in [0, 0.1) is 0 Å². The zero-order valence-electron chi connectivity index (χ0n) is 10.6. The minimum absolute atomic E-state index is 0.309. The molecule has 0 saturated carbocycles. The normalized spacial score (nSPS) is 10.1. The van der Waals surface area contributed by atoms with Gasteiger partial charge in [-0.15, -0.1) is 0 Å². The quantitative estimate of drug-likeness (QED) is 0.611. The molecule has 0 unspecified atom stereocenters. The van der Waals surface area contributed by atoms with E-state index in [9.17, 15) is 4.79 Å². The molecule has 3 nitrogen and oxygen atoms in total. The van der Waals surface area contributed by atoms with Gasteiger partial charge in [0.2, 0.25) is 0 Å². The molecule has 0 atom stereocenters. The van der Waals surface area contributed by atoms with E-state index in [0.29, 0.717) is 5.56 Å². The predicted octanol–water partition coefficient (Wildman–Crippen LogP) is 2.45. The number of esters is 1. The SMILES string of the molecule is CC[n+]1ccc(-c2ccccc2)c(C(=O)OC)c1. The lowest BCUT2D eigenvalue weighted by Crippen LogP contribution is -2.32. The first-order chi connectivity index (χ1) is 8.76. The Hall–Kier alpha value is -2.16. The summed E-state index contributed by atoms with van der Waals surface area (Å²) in [6, 6.07) is 11.8. The van der Waals surface area contributed by atoms with Gasteiger partial charge in [0.25, 0.3) is 0 Å². The van der Waals surface area contributed by atoms with Crippen molar-refractivity contribution in [3.05, 3.63) is 54.4 Å². The monoisotopic (exact) mass is 242 g/mol. The number of methoxy groups -OCH3 is 1. The second kappa shape index (κ2) is 5.45. The second-order valence-corrected chi connectivity index (χ2v) is 3.96. The average molecular weight is 242 g/mol. The van der Waals surface area contributed by atoms with E-state index in [2.05, 4.69) is 0 Å². The highest BCUT2D eigenvalue weighted by Crippen LogP contribution is 2.22. The van der Waals surface area contributed by atoms with Gasteiger partial charge in [-0.3, -0.25) is 0 Å². The molecule has 2 rings (SSSR count). The molecule has 0 amide bonds. The summed E-state index contributed by atoms with van der Waals surface area (Å²) in [5.41, 5.74) is 2.50. The van der Waals surface area contributed by atoms with Crippen molar-refractivity contribution in [1.29, 1.82) is 0 Å². The van der Waals surface area contributed by atoms with Gasteiger partial charge in [-0.2, -0.15) is 0 Å². The Morgan fingerprint density at radius 1 is 1.22 bits per heavy atom. The highest BCUT2D eigenvalue weighted by molar-refractivity contribution is 5.96. The van der Waals surface area contributed by atoms with E-state index >= 15 is 0 Å². The van der Waals surface area contributed by atoms with Crippen LogP contribution in [0.3, 0.4) is 0 Å². The van der Waals surface area contributed by atoms with Crippen LogP contribution in [0.2, 0.25) is 0 Å². The van der Waals surface area contributed by atoms with Gasteiger partial charge < -0.3 is 4.74 Å². The molecular formula is C15H16NO2+. The van der Waals surface area contributed by atoms with Crippen molar-refractivity contribution < 1.29 is 14.1 Å². The Morgan fingerprint density at radius 3 is 2.56 bits per heavy atom. The Morgan fingerprint density at radius 2 is 1.94 bits per heavy atom. The fourth-order valence-corrected chi connectivity index (χ4v) is 1.88. The summed E-state index contributed by atoms with van der Waals surface area (Å²) < 4.78 is 6.80. The third-order valence-corrected chi connectivity index (χ3v) is 2.87. The number of rotatable bonds is 3. The van der Waals surface area contributed by atoms with Crippen molar-refractivity contribution >= 4 is 5.97 Å². The maximum atomic E-state index is 11.8. The van der Waals surface area contributed by atoms with Crippen LogP contribution < -0.4 is 4.57 Å². The van der Waals surface area contributed by atoms with Gasteiger partial charge in [-0.25, -0.2) is 9.36 Å². The van der Waals surface area contributed by atoms with Crippen LogP contribution in [-0.4, -0.2) is 13.1 Å². The molecule has 0 N–H and O–H groups in total. The number of carbonyl (C=O) groups is 1. The molecule has 0 bridgehead atoms. The number of hydrogen-bond donors (Lipinski definition) is 0. The van der Waals surface area contributed by atoms with Gasteiger partial charge in [-0.1, -0.05) is 30.3 Å². The molecule has 92 valence electrons. The van der Waals surface area contributed by atoms with Crippen LogP contribution in [0.15, 0.2) is 48.8 Å². The van der Waals surface area contributed by atoms with Crippen LogP contribution in [0.1, 0.15) is 17.3 Å². The summed E-state index contributed by atoms with van der Waals surface area (Å²) in [6.07, 6.45) is 3.79. The van der Waals surface area contributed by atoms with Gasteiger partial charge in [0.05, 0.1) is 7.11 Å². The lowest BCUT2D eigenvalue weighted by molar-refractivity contribution is -0.693. The number of hydrogen-bond acceptors (Lipinski definition) is 2. The van der Waals surface area contributed by atoms with Crippen molar-refractivity contribution in [2.75, 3.05) is 7.11 Å². The Labute approximate surface area is 107 Å². The predicted molar refractivity (Wildman–Crippen MR) is 69.1 cm³/mol. The molecule has 2 aromatic rings. The number of carbonyl (C=O) groups excluding carboxylic acids is 1. The zero-order valence-corrected chi connectivity index (χ0v) is 10.6. The van der Waals surface area contributed by atoms with E-state index in [4.69, 9.17) is 4.74 Å². The van der Waals surface area contributed by atoms with Crippen molar-refractivity contribution in [1.82, 2.24) is 0 Å². The van der Waals surface area contributed by atoms with Crippen molar-refractivity contribution in [2.45, 2.75) is 13.5 Å². The third kappa shape index (κ3) is 2.40. The fourth-order valence-electron chi connectivity index (χ4n) is 1.88. The van der Waals surface area contributed by atoms with E-state index in [0.717, 1.165) is 17.7 Å². The number of nitrogens with zero attached hydrogens (tertiary/aromatic N) is 1. The van der Waals surface area contributed by atoms with Crippen LogP contribution in [-0.2, 0) is 11.3 Å². The fraction of sp³-hybridized carbons (Fsp3) is 0.200. The molecule has 0 radical (unpaired) electrons. The molecule has 3 heteroatoms. The second-order valence-electron chi connectivity index (χ2n) is 3.96.